The van der Waals surface area contributed by atoms with E-state index in [9.17, 15) is 9.59 Å². The number of hydrogen-bond acceptors (Lipinski definition) is 8. The molecule has 5 heterocycles. The summed E-state index contributed by atoms with van der Waals surface area (Å²) in [5, 5.41) is 4.50. The van der Waals surface area contributed by atoms with Crippen molar-refractivity contribution in [1.29, 1.82) is 0 Å². The van der Waals surface area contributed by atoms with Crippen molar-refractivity contribution in [1.82, 2.24) is 19.3 Å². The van der Waals surface area contributed by atoms with Crippen molar-refractivity contribution >= 4 is 11.6 Å². The molecule has 2 fully saturated rings. The number of nitrogens with zero attached hydrogens (tertiary/aromatic N) is 4. The Morgan fingerprint density at radius 3 is 2.35 bits per heavy atom. The molecule has 0 unspecified atom stereocenters. The van der Waals surface area contributed by atoms with Gasteiger partial charge in [-0.2, -0.15) is 5.10 Å². The predicted octanol–water partition coefficient (Wildman–Crippen LogP) is 5.60. The number of benzene rings is 2. The van der Waals surface area contributed by atoms with E-state index >= 15 is 0 Å². The first-order chi connectivity index (χ1) is 23.9. The Hall–Kier alpha value is -4.90. The Labute approximate surface area is 285 Å². The molecule has 2 aromatic carbocycles. The largest absolute Gasteiger partial charge is 0.383 e. The fourth-order valence-electron chi connectivity index (χ4n) is 6.51. The highest BCUT2D eigenvalue weighted by molar-refractivity contribution is 5.98. The van der Waals surface area contributed by atoms with Gasteiger partial charge in [-0.15, -0.1) is 0 Å². The molecule has 2 aliphatic rings. The maximum atomic E-state index is 13.8. The summed E-state index contributed by atoms with van der Waals surface area (Å²) in [6.45, 7) is 6.60. The van der Waals surface area contributed by atoms with Gasteiger partial charge >= 0.3 is 0 Å². The van der Waals surface area contributed by atoms with Crippen LogP contribution in [0.25, 0.3) is 33.4 Å². The predicted molar refractivity (Wildman–Crippen MR) is 188 cm³/mol. The molecule has 3 aromatic heterocycles. The van der Waals surface area contributed by atoms with Crippen LogP contribution in [-0.2, 0) is 33.7 Å². The van der Waals surface area contributed by atoms with Gasteiger partial charge in [0.1, 0.15) is 11.9 Å². The summed E-state index contributed by atoms with van der Waals surface area (Å²) < 4.78 is 20.7. The molecule has 5 aromatic rings. The zero-order valence-corrected chi connectivity index (χ0v) is 27.7. The van der Waals surface area contributed by atoms with Gasteiger partial charge in [-0.25, -0.2) is 4.98 Å². The van der Waals surface area contributed by atoms with Crippen LogP contribution in [0.4, 0.5) is 5.82 Å². The number of hydrogen-bond donors (Lipinski definition) is 1. The number of Topliss-reactive ketones (excluding diaryl/α,β-unsaturated/α-hetero) is 1. The Balaban J connectivity index is 1.10. The van der Waals surface area contributed by atoms with Crippen LogP contribution in [0.15, 0.2) is 90.4 Å². The van der Waals surface area contributed by atoms with E-state index in [1.807, 2.05) is 83.2 Å². The van der Waals surface area contributed by atoms with E-state index in [2.05, 4.69) is 10.1 Å². The quantitative estimate of drug-likeness (QED) is 0.192. The number of nitrogen functional groups attached to an aromatic ring is 1. The number of nitrogens with two attached hydrogens (primary N) is 1. The molecule has 2 saturated heterocycles. The van der Waals surface area contributed by atoms with Crippen molar-refractivity contribution in [3.63, 3.8) is 0 Å². The Morgan fingerprint density at radius 2 is 1.59 bits per heavy atom. The van der Waals surface area contributed by atoms with E-state index in [4.69, 9.17) is 19.9 Å². The van der Waals surface area contributed by atoms with Crippen molar-refractivity contribution in [2.45, 2.75) is 45.4 Å². The number of ether oxygens (including phenoxy) is 3. The van der Waals surface area contributed by atoms with Gasteiger partial charge in [0.15, 0.2) is 11.2 Å². The van der Waals surface area contributed by atoms with E-state index in [1.54, 1.807) is 18.6 Å². The Bertz CT molecular complexity index is 1970. The van der Waals surface area contributed by atoms with E-state index in [1.165, 1.54) is 0 Å². The number of aromatic nitrogens is 4. The molecule has 0 saturated carbocycles. The second-order valence-electron chi connectivity index (χ2n) is 13.0. The number of pyridine rings is 2. The number of aryl methyl sites for hydroxylation is 1. The van der Waals surface area contributed by atoms with Crippen molar-refractivity contribution in [3.8, 4) is 33.4 Å². The minimum Gasteiger partial charge on any atom is -0.383 e. The topological polar surface area (TPSA) is 123 Å². The number of carbonyl (C=O) groups is 1. The molecule has 10 heteroatoms. The first kappa shape index (κ1) is 32.6. The van der Waals surface area contributed by atoms with Gasteiger partial charge in [0, 0.05) is 73.2 Å². The van der Waals surface area contributed by atoms with Crippen LogP contribution in [0.2, 0.25) is 0 Å². The third-order valence-electron chi connectivity index (χ3n) is 9.34. The van der Waals surface area contributed by atoms with Crippen LogP contribution >= 0.6 is 0 Å². The third-order valence-corrected chi connectivity index (χ3v) is 9.34. The lowest BCUT2D eigenvalue weighted by atomic mass is 9.96. The first-order valence-corrected chi connectivity index (χ1v) is 16.9. The lowest BCUT2D eigenvalue weighted by Crippen LogP contribution is -2.32. The second-order valence-corrected chi connectivity index (χ2v) is 13.0. The molecule has 252 valence electrons. The van der Waals surface area contributed by atoms with Crippen molar-refractivity contribution in [2.24, 2.45) is 5.92 Å². The van der Waals surface area contributed by atoms with Gasteiger partial charge in [-0.05, 0) is 48.4 Å². The Kier molecular flexibility index (Phi) is 9.79. The van der Waals surface area contributed by atoms with E-state index in [-0.39, 0.29) is 29.3 Å². The molecule has 0 spiro atoms. The highest BCUT2D eigenvalue weighted by Crippen LogP contribution is 2.30. The molecule has 10 nitrogen and oxygen atoms in total. The molecule has 0 amide bonds. The SMILES string of the molecule is Cc1ccc(-c2cn(CC3CCOCC3)cc(C(=O)Cc3ccc(-c4cc(-c5cnn(C[C@H]6COCCO6)c5)cnc4N)cc3)c2=O)cc1. The smallest absolute Gasteiger partial charge is 0.200 e. The maximum absolute atomic E-state index is 13.8. The lowest BCUT2D eigenvalue weighted by molar-refractivity contribution is -0.0946. The molecular formula is C39H41N5O5. The number of carbonyl (C=O) groups excluding carboxylic acids is 1. The second kappa shape index (κ2) is 14.7. The van der Waals surface area contributed by atoms with Crippen molar-refractivity contribution in [2.75, 3.05) is 38.8 Å². The average Bonchev–Trinajstić information content (AvgIpc) is 3.59. The number of rotatable bonds is 10. The van der Waals surface area contributed by atoms with Crippen LogP contribution < -0.4 is 11.2 Å². The highest BCUT2D eigenvalue weighted by atomic mass is 16.6. The van der Waals surface area contributed by atoms with Crippen molar-refractivity contribution in [3.05, 3.63) is 112 Å². The highest BCUT2D eigenvalue weighted by Gasteiger charge is 2.20. The summed E-state index contributed by atoms with van der Waals surface area (Å²) in [4.78, 5) is 32.0. The maximum Gasteiger partial charge on any atom is 0.200 e. The molecule has 2 N–H and O–H groups in total. The van der Waals surface area contributed by atoms with Crippen LogP contribution in [0, 0.1) is 12.8 Å². The molecule has 0 bridgehead atoms. The normalized spacial score (nSPS) is 16.9. The summed E-state index contributed by atoms with van der Waals surface area (Å²) in [6.07, 6.45) is 11.1. The summed E-state index contributed by atoms with van der Waals surface area (Å²) in [7, 11) is 0. The van der Waals surface area contributed by atoms with Crippen molar-refractivity contribution < 1.29 is 19.0 Å². The monoisotopic (exact) mass is 659 g/mol. The summed E-state index contributed by atoms with van der Waals surface area (Å²) >= 11 is 0. The molecule has 0 radical (unpaired) electrons. The average molecular weight is 660 g/mol. The van der Waals surface area contributed by atoms with Gasteiger partial charge in [-0.3, -0.25) is 14.3 Å². The van der Waals surface area contributed by atoms with Gasteiger partial charge in [0.25, 0.3) is 0 Å². The Morgan fingerprint density at radius 1 is 0.837 bits per heavy atom. The molecule has 2 aliphatic heterocycles. The first-order valence-electron chi connectivity index (χ1n) is 16.9. The summed E-state index contributed by atoms with van der Waals surface area (Å²) in [5.41, 5.74) is 13.0. The van der Waals surface area contributed by atoms with Crippen LogP contribution in [-0.4, -0.2) is 64.3 Å². The number of anilines is 1. The van der Waals surface area contributed by atoms with Crippen LogP contribution in [0.3, 0.4) is 0 Å². The van der Waals surface area contributed by atoms with Gasteiger partial charge in [-0.1, -0.05) is 54.1 Å². The van der Waals surface area contributed by atoms with Gasteiger partial charge in [0.05, 0.1) is 38.1 Å². The molecule has 7 rings (SSSR count). The minimum atomic E-state index is -0.243. The standard InChI is InChI=1S/C39H41N5O5/c1-26-2-6-30(7-3-26)35-23-43(20-28-10-12-47-13-11-28)24-36(38(35)46)37(45)16-27-4-8-29(9-5-27)34-17-31(18-41-39(34)40)32-19-42-44(21-32)22-33-25-48-14-15-49-33/h2-9,17-19,21,23-24,28,33H,10-16,20,22,25H2,1H3,(H2,40,41)/t33-/m0/s1. The van der Waals surface area contributed by atoms with Crippen LogP contribution in [0.1, 0.15) is 34.3 Å². The third kappa shape index (κ3) is 7.72. The number of ketones is 1. The fourth-order valence-corrected chi connectivity index (χ4v) is 6.51. The van der Waals surface area contributed by atoms with Crippen LogP contribution in [0.5, 0.6) is 0 Å². The van der Waals surface area contributed by atoms with E-state index in [0.717, 1.165) is 71.5 Å². The summed E-state index contributed by atoms with van der Waals surface area (Å²) in [5.74, 6) is 0.629. The lowest BCUT2D eigenvalue weighted by Gasteiger charge is -2.23. The fraction of sp³-hybridized carbons (Fsp3) is 0.333. The zero-order chi connectivity index (χ0) is 33.7. The molecule has 1 atom stereocenters. The molecule has 49 heavy (non-hydrogen) atoms. The molecule has 0 aliphatic carbocycles. The van der Waals surface area contributed by atoms with Gasteiger partial charge in [0.2, 0.25) is 0 Å². The van der Waals surface area contributed by atoms with E-state index < -0.39 is 0 Å². The molecular weight excluding hydrogens is 618 g/mol. The van der Waals surface area contributed by atoms with Gasteiger partial charge < -0.3 is 24.5 Å². The van der Waals surface area contributed by atoms with E-state index in [0.29, 0.717) is 43.7 Å². The summed E-state index contributed by atoms with van der Waals surface area (Å²) in [6, 6.07) is 17.6. The zero-order valence-electron chi connectivity index (χ0n) is 27.7. The minimum absolute atomic E-state index is 0.0257.